The van der Waals surface area contributed by atoms with Gasteiger partial charge < -0.3 is 10.0 Å². The van der Waals surface area contributed by atoms with E-state index in [0.29, 0.717) is 48.9 Å². The lowest BCUT2D eigenvalue weighted by Gasteiger charge is -2.49. The number of rotatable bonds is 9. The van der Waals surface area contributed by atoms with Crippen LogP contribution in [-0.2, 0) is 19.6 Å². The SMILES string of the molecule is C[C@@]1(CC(=O)O)C[C@H](c2cccc(Cl)c2)[C@@H](c2ccc(Cl)cc2)N(CCC2CC2S(=O)(=O)N2CCC2)C1=O. The lowest BCUT2D eigenvalue weighted by atomic mass is 9.67. The number of hydrogen-bond acceptors (Lipinski definition) is 4. The molecule has 2 aliphatic heterocycles. The first-order valence-electron chi connectivity index (χ1n) is 13.0. The monoisotopic (exact) mass is 578 g/mol. The van der Waals surface area contributed by atoms with Crippen LogP contribution in [0.3, 0.4) is 0 Å². The van der Waals surface area contributed by atoms with Gasteiger partial charge in [0.25, 0.3) is 0 Å². The fourth-order valence-electron chi connectivity index (χ4n) is 6.13. The molecule has 0 aromatic heterocycles. The van der Waals surface area contributed by atoms with Gasteiger partial charge in [0, 0.05) is 35.6 Å². The van der Waals surface area contributed by atoms with E-state index < -0.39 is 26.7 Å². The maximum absolute atomic E-state index is 14.0. The zero-order valence-corrected chi connectivity index (χ0v) is 23.6. The van der Waals surface area contributed by atoms with Crippen LogP contribution in [0.15, 0.2) is 48.5 Å². The fraction of sp³-hybridized carbons (Fsp3) is 0.500. The van der Waals surface area contributed by atoms with E-state index in [2.05, 4.69) is 0 Å². The third-order valence-electron chi connectivity index (χ3n) is 8.35. The minimum atomic E-state index is -3.29. The van der Waals surface area contributed by atoms with E-state index in [-0.39, 0.29) is 30.2 Å². The van der Waals surface area contributed by atoms with Crippen molar-refractivity contribution in [3.63, 3.8) is 0 Å². The van der Waals surface area contributed by atoms with Gasteiger partial charge in [0.2, 0.25) is 15.9 Å². The van der Waals surface area contributed by atoms with Crippen molar-refractivity contribution >= 4 is 45.1 Å². The first-order valence-corrected chi connectivity index (χ1v) is 15.3. The molecule has 10 heteroatoms. The maximum atomic E-state index is 14.0. The van der Waals surface area contributed by atoms with E-state index in [0.717, 1.165) is 17.5 Å². The molecule has 1 aliphatic carbocycles. The maximum Gasteiger partial charge on any atom is 0.304 e. The highest BCUT2D eigenvalue weighted by atomic mass is 35.5. The average Bonchev–Trinajstić information content (AvgIpc) is 3.59. The molecule has 3 aliphatic rings. The number of halogens is 2. The summed E-state index contributed by atoms with van der Waals surface area (Å²) < 4.78 is 27.3. The molecule has 1 N–H and O–H groups in total. The van der Waals surface area contributed by atoms with Gasteiger partial charge in [-0.2, -0.15) is 0 Å². The second-order valence-corrected chi connectivity index (χ2v) is 14.1. The Bertz CT molecular complexity index is 1330. The number of aliphatic carboxylic acids is 1. The molecule has 2 unspecified atom stereocenters. The molecule has 0 spiro atoms. The minimum absolute atomic E-state index is 0.0171. The smallest absolute Gasteiger partial charge is 0.304 e. The van der Waals surface area contributed by atoms with Gasteiger partial charge in [-0.1, -0.05) is 54.4 Å². The Hall–Kier alpha value is -2.13. The molecule has 2 heterocycles. The molecule has 1 amide bonds. The molecule has 2 aromatic carbocycles. The normalized spacial score (nSPS) is 29.7. The average molecular weight is 580 g/mol. The number of sulfonamides is 1. The summed E-state index contributed by atoms with van der Waals surface area (Å²) in [6.45, 7) is 3.24. The van der Waals surface area contributed by atoms with Gasteiger partial charge in [0.15, 0.2) is 0 Å². The number of benzene rings is 2. The lowest BCUT2D eigenvalue weighted by molar-refractivity contribution is -0.157. The minimum Gasteiger partial charge on any atom is -0.481 e. The molecule has 1 saturated carbocycles. The van der Waals surface area contributed by atoms with Crippen LogP contribution < -0.4 is 0 Å². The molecule has 0 radical (unpaired) electrons. The first kappa shape index (κ1) is 27.4. The molecule has 2 aromatic rings. The number of hydrogen-bond donors (Lipinski definition) is 1. The molecule has 3 fully saturated rings. The molecule has 204 valence electrons. The largest absolute Gasteiger partial charge is 0.481 e. The van der Waals surface area contributed by atoms with Gasteiger partial charge >= 0.3 is 5.97 Å². The number of piperidine rings is 1. The highest BCUT2D eigenvalue weighted by Gasteiger charge is 2.53. The quantitative estimate of drug-likeness (QED) is 0.433. The van der Waals surface area contributed by atoms with E-state index in [1.807, 2.05) is 30.3 Å². The summed E-state index contributed by atoms with van der Waals surface area (Å²) >= 11 is 12.5. The summed E-state index contributed by atoms with van der Waals surface area (Å²) in [5, 5.41) is 10.5. The third-order valence-corrected chi connectivity index (χ3v) is 11.3. The first-order chi connectivity index (χ1) is 18.0. The van der Waals surface area contributed by atoms with Crippen LogP contribution >= 0.6 is 23.2 Å². The molecular weight excluding hydrogens is 547 g/mol. The van der Waals surface area contributed by atoms with Gasteiger partial charge in [0.1, 0.15) is 0 Å². The number of carbonyl (C=O) groups excluding carboxylic acids is 1. The standard InChI is InChI=1S/C28H32Cl2N2O5S/c1-28(17-25(33)34)16-23(19-4-2-5-22(30)14-19)26(18-6-8-21(29)9-7-18)32(27(28)35)13-10-20-15-24(20)38(36,37)31-11-3-12-31/h2,4-9,14,20,23-24,26H,3,10-13,15-17H2,1H3,(H,33,34)/t20?,23-,24?,26-,28+/m1/s1. The zero-order chi connectivity index (χ0) is 27.2. The van der Waals surface area contributed by atoms with Crippen molar-refractivity contribution in [2.75, 3.05) is 19.6 Å². The van der Waals surface area contributed by atoms with Gasteiger partial charge in [0.05, 0.1) is 23.1 Å². The Kier molecular flexibility index (Phi) is 7.55. The van der Waals surface area contributed by atoms with E-state index in [4.69, 9.17) is 23.2 Å². The summed E-state index contributed by atoms with van der Waals surface area (Å²) in [5.41, 5.74) is 0.705. The number of carbonyl (C=O) groups is 2. The lowest BCUT2D eigenvalue weighted by Crippen LogP contribution is -2.53. The second kappa shape index (κ2) is 10.5. The summed E-state index contributed by atoms with van der Waals surface area (Å²) in [7, 11) is -3.29. The van der Waals surface area contributed by atoms with Gasteiger partial charge in [-0.05, 0) is 67.0 Å². The number of nitrogens with zero attached hydrogens (tertiary/aromatic N) is 2. The fourth-order valence-corrected chi connectivity index (χ4v) is 8.72. The topological polar surface area (TPSA) is 95.0 Å². The van der Waals surface area contributed by atoms with Crippen LogP contribution in [0.2, 0.25) is 10.0 Å². The third kappa shape index (κ3) is 5.33. The van der Waals surface area contributed by atoms with E-state index >= 15 is 0 Å². The highest BCUT2D eigenvalue weighted by Crippen LogP contribution is 2.52. The van der Waals surface area contributed by atoms with Crippen LogP contribution in [0.4, 0.5) is 0 Å². The number of carboxylic acid groups (broad SMARTS) is 1. The molecule has 7 nitrogen and oxygen atoms in total. The van der Waals surface area contributed by atoms with E-state index in [1.54, 1.807) is 34.3 Å². The van der Waals surface area contributed by atoms with Crippen molar-refractivity contribution < 1.29 is 23.1 Å². The number of carboxylic acids is 1. The van der Waals surface area contributed by atoms with Gasteiger partial charge in [-0.15, -0.1) is 0 Å². The van der Waals surface area contributed by atoms with Crippen LogP contribution in [0.25, 0.3) is 0 Å². The van der Waals surface area contributed by atoms with E-state index in [1.165, 1.54) is 0 Å². The summed E-state index contributed by atoms with van der Waals surface area (Å²) in [6, 6.07) is 14.5. The van der Waals surface area contributed by atoms with Crippen molar-refractivity contribution in [2.45, 2.75) is 56.2 Å². The van der Waals surface area contributed by atoms with Crippen LogP contribution in [-0.4, -0.2) is 59.5 Å². The van der Waals surface area contributed by atoms with Crippen LogP contribution in [0.5, 0.6) is 0 Å². The van der Waals surface area contributed by atoms with Crippen molar-refractivity contribution in [1.82, 2.24) is 9.21 Å². The van der Waals surface area contributed by atoms with Crippen molar-refractivity contribution in [2.24, 2.45) is 11.3 Å². The summed E-state index contributed by atoms with van der Waals surface area (Å²) in [6.07, 6.45) is 2.09. The molecule has 2 saturated heterocycles. The van der Waals surface area contributed by atoms with Gasteiger partial charge in [-0.3, -0.25) is 9.59 Å². The summed E-state index contributed by atoms with van der Waals surface area (Å²) in [5.74, 6) is -1.48. The molecule has 38 heavy (non-hydrogen) atoms. The van der Waals surface area contributed by atoms with Crippen molar-refractivity contribution in [3.8, 4) is 0 Å². The van der Waals surface area contributed by atoms with Gasteiger partial charge in [-0.25, -0.2) is 12.7 Å². The molecular formula is C28H32Cl2N2O5S. The predicted molar refractivity (Wildman–Crippen MR) is 147 cm³/mol. The highest BCUT2D eigenvalue weighted by molar-refractivity contribution is 7.90. The Morgan fingerprint density at radius 1 is 1.08 bits per heavy atom. The van der Waals surface area contributed by atoms with Crippen molar-refractivity contribution in [1.29, 1.82) is 0 Å². The van der Waals surface area contributed by atoms with Crippen molar-refractivity contribution in [3.05, 3.63) is 69.7 Å². The van der Waals surface area contributed by atoms with Crippen LogP contribution in [0.1, 0.15) is 62.1 Å². The summed E-state index contributed by atoms with van der Waals surface area (Å²) in [4.78, 5) is 27.7. The molecule has 5 rings (SSSR count). The number of likely N-dealkylation sites (tertiary alicyclic amines) is 1. The molecule has 0 bridgehead atoms. The Balaban J connectivity index is 1.49. The number of amides is 1. The van der Waals surface area contributed by atoms with E-state index in [9.17, 15) is 23.1 Å². The Morgan fingerprint density at radius 2 is 1.79 bits per heavy atom. The predicted octanol–water partition coefficient (Wildman–Crippen LogP) is 5.35. The Morgan fingerprint density at radius 3 is 2.39 bits per heavy atom. The van der Waals surface area contributed by atoms with Crippen LogP contribution in [0, 0.1) is 11.3 Å². The molecule has 5 atom stereocenters. The second-order valence-electron chi connectivity index (χ2n) is 11.1. The zero-order valence-electron chi connectivity index (χ0n) is 21.2. The Labute approximate surface area is 233 Å².